The lowest BCUT2D eigenvalue weighted by atomic mass is 9.75. The summed E-state index contributed by atoms with van der Waals surface area (Å²) in [6, 6.07) is 0. The van der Waals surface area contributed by atoms with Crippen molar-refractivity contribution in [2.75, 3.05) is 7.11 Å². The van der Waals surface area contributed by atoms with Gasteiger partial charge in [0.2, 0.25) is 0 Å². The van der Waals surface area contributed by atoms with Crippen LogP contribution in [0.25, 0.3) is 0 Å². The van der Waals surface area contributed by atoms with Gasteiger partial charge in [0.05, 0.1) is 13.0 Å². The fourth-order valence-electron chi connectivity index (χ4n) is 1.69. The quantitative estimate of drug-likeness (QED) is 0.584. The van der Waals surface area contributed by atoms with Crippen LogP contribution < -0.4 is 0 Å². The van der Waals surface area contributed by atoms with Crippen LogP contribution in [0, 0.1) is 11.8 Å². The first-order valence-electron chi connectivity index (χ1n) is 4.37. The molecule has 0 aliphatic heterocycles. The molecule has 2 heteroatoms. The molecule has 1 unspecified atom stereocenters. The van der Waals surface area contributed by atoms with Crippen molar-refractivity contribution in [3.63, 3.8) is 0 Å². The van der Waals surface area contributed by atoms with Crippen LogP contribution in [0.1, 0.15) is 32.6 Å². The highest BCUT2D eigenvalue weighted by molar-refractivity contribution is 5.72. The van der Waals surface area contributed by atoms with Gasteiger partial charge in [-0.2, -0.15) is 0 Å². The number of esters is 1. The second-order valence-electron chi connectivity index (χ2n) is 3.23. The average molecular weight is 156 g/mol. The molecule has 0 heterocycles. The molecule has 1 fully saturated rings. The summed E-state index contributed by atoms with van der Waals surface area (Å²) < 4.78 is 4.72. The van der Waals surface area contributed by atoms with Crippen molar-refractivity contribution in [1.29, 1.82) is 0 Å². The fraction of sp³-hybridized carbons (Fsp3) is 0.889. The molecule has 0 aromatic heterocycles. The second kappa shape index (κ2) is 3.74. The zero-order chi connectivity index (χ0) is 8.27. The number of ether oxygens (including phenoxy) is 1. The van der Waals surface area contributed by atoms with Crippen molar-refractivity contribution in [3.05, 3.63) is 0 Å². The molecule has 0 N–H and O–H groups in total. The van der Waals surface area contributed by atoms with Gasteiger partial charge in [-0.1, -0.05) is 13.3 Å². The summed E-state index contributed by atoms with van der Waals surface area (Å²) in [7, 11) is 1.48. The largest absolute Gasteiger partial charge is 0.469 e. The van der Waals surface area contributed by atoms with Crippen molar-refractivity contribution in [3.8, 4) is 0 Å². The third-order valence-corrected chi connectivity index (χ3v) is 2.66. The van der Waals surface area contributed by atoms with Gasteiger partial charge in [0.1, 0.15) is 0 Å². The monoisotopic (exact) mass is 156 g/mol. The predicted octanol–water partition coefficient (Wildman–Crippen LogP) is 1.99. The molecule has 2 nitrogen and oxygen atoms in total. The van der Waals surface area contributed by atoms with Gasteiger partial charge in [-0.15, -0.1) is 0 Å². The van der Waals surface area contributed by atoms with E-state index in [4.69, 9.17) is 4.74 Å². The van der Waals surface area contributed by atoms with Crippen LogP contribution in [0.3, 0.4) is 0 Å². The minimum Gasteiger partial charge on any atom is -0.469 e. The molecule has 1 saturated carbocycles. The molecule has 0 aromatic carbocycles. The summed E-state index contributed by atoms with van der Waals surface area (Å²) in [6.45, 7) is 2.06. The maximum atomic E-state index is 11.2. The third-order valence-electron chi connectivity index (χ3n) is 2.66. The van der Waals surface area contributed by atoms with E-state index in [2.05, 4.69) is 6.92 Å². The van der Waals surface area contributed by atoms with Crippen LogP contribution in [0.5, 0.6) is 0 Å². The molecular weight excluding hydrogens is 140 g/mol. The predicted molar refractivity (Wildman–Crippen MR) is 43.1 cm³/mol. The maximum absolute atomic E-state index is 11.2. The minimum absolute atomic E-state index is 0.0165. The van der Waals surface area contributed by atoms with E-state index in [1.54, 1.807) is 0 Å². The highest BCUT2D eigenvalue weighted by atomic mass is 16.5. The molecule has 11 heavy (non-hydrogen) atoms. The number of carbonyl (C=O) groups is 1. The van der Waals surface area contributed by atoms with Crippen LogP contribution in [0.2, 0.25) is 0 Å². The number of hydrogen-bond acceptors (Lipinski definition) is 2. The Kier molecular flexibility index (Phi) is 2.92. The fourth-order valence-corrected chi connectivity index (χ4v) is 1.69. The van der Waals surface area contributed by atoms with Crippen LogP contribution in [0.15, 0.2) is 0 Å². The van der Waals surface area contributed by atoms with Crippen LogP contribution >= 0.6 is 0 Å². The Hall–Kier alpha value is -0.530. The summed E-state index contributed by atoms with van der Waals surface area (Å²) in [6.07, 6.45) is 4.65. The minimum atomic E-state index is -0.0165. The van der Waals surface area contributed by atoms with Crippen molar-refractivity contribution in [2.24, 2.45) is 11.8 Å². The maximum Gasteiger partial charge on any atom is 0.308 e. The van der Waals surface area contributed by atoms with Gasteiger partial charge in [0.25, 0.3) is 0 Å². The average Bonchev–Trinajstić information content (AvgIpc) is 1.94. The van der Waals surface area contributed by atoms with E-state index < -0.39 is 0 Å². The molecule has 1 aliphatic rings. The van der Waals surface area contributed by atoms with Crippen molar-refractivity contribution in [1.82, 2.24) is 0 Å². The highest BCUT2D eigenvalue weighted by Gasteiger charge is 2.31. The third kappa shape index (κ3) is 1.73. The Morgan fingerprint density at radius 3 is 2.55 bits per heavy atom. The second-order valence-corrected chi connectivity index (χ2v) is 3.23. The molecule has 1 atom stereocenters. The zero-order valence-electron chi connectivity index (χ0n) is 7.30. The number of methoxy groups -OCH3 is 1. The summed E-state index contributed by atoms with van der Waals surface area (Å²) in [5, 5.41) is 0. The Morgan fingerprint density at radius 2 is 2.27 bits per heavy atom. The number of carbonyl (C=O) groups excluding carboxylic acids is 1. The van der Waals surface area contributed by atoms with Gasteiger partial charge in [0.15, 0.2) is 0 Å². The number of hydrogen-bond donors (Lipinski definition) is 0. The molecule has 0 saturated heterocycles. The van der Waals surface area contributed by atoms with Crippen LogP contribution in [-0.2, 0) is 9.53 Å². The molecule has 0 bridgehead atoms. The van der Waals surface area contributed by atoms with E-state index in [-0.39, 0.29) is 11.9 Å². The topological polar surface area (TPSA) is 26.3 Å². The van der Waals surface area contributed by atoms with E-state index in [1.807, 2.05) is 0 Å². The summed E-state index contributed by atoms with van der Waals surface area (Å²) in [5.41, 5.74) is 0. The lowest BCUT2D eigenvalue weighted by Crippen LogP contribution is -2.29. The molecule has 1 rings (SSSR count). The molecule has 1 aliphatic carbocycles. The van der Waals surface area contributed by atoms with Gasteiger partial charge >= 0.3 is 5.97 Å². The van der Waals surface area contributed by atoms with E-state index >= 15 is 0 Å². The molecule has 0 spiro atoms. The smallest absolute Gasteiger partial charge is 0.308 e. The standard InChI is InChI=1S/C9H16O2/c1-3-8(9(10)11-2)7-5-4-6-7/h7-8H,3-6H2,1-2H3. The van der Waals surface area contributed by atoms with E-state index in [0.29, 0.717) is 5.92 Å². The molecule has 0 aromatic rings. The van der Waals surface area contributed by atoms with Gasteiger partial charge in [-0.05, 0) is 25.2 Å². The Bertz CT molecular complexity index is 138. The highest BCUT2D eigenvalue weighted by Crippen LogP contribution is 2.35. The van der Waals surface area contributed by atoms with Gasteiger partial charge in [-0.25, -0.2) is 0 Å². The van der Waals surface area contributed by atoms with Crippen LogP contribution in [0.4, 0.5) is 0 Å². The van der Waals surface area contributed by atoms with Gasteiger partial charge in [-0.3, -0.25) is 4.79 Å². The first-order valence-corrected chi connectivity index (χ1v) is 4.37. The van der Waals surface area contributed by atoms with Crippen molar-refractivity contribution in [2.45, 2.75) is 32.6 Å². The Balaban J connectivity index is 2.40. The lowest BCUT2D eigenvalue weighted by Gasteiger charge is -2.31. The van der Waals surface area contributed by atoms with Crippen molar-refractivity contribution < 1.29 is 9.53 Å². The Labute approximate surface area is 67.9 Å². The lowest BCUT2D eigenvalue weighted by molar-refractivity contribution is -0.148. The van der Waals surface area contributed by atoms with Gasteiger partial charge < -0.3 is 4.74 Å². The van der Waals surface area contributed by atoms with E-state index in [0.717, 1.165) is 6.42 Å². The summed E-state index contributed by atoms with van der Waals surface area (Å²) in [5.74, 6) is 0.776. The molecule has 0 amide bonds. The SMILES string of the molecule is CCC(C(=O)OC)C1CCC1. The van der Waals surface area contributed by atoms with Crippen molar-refractivity contribution >= 4 is 5.97 Å². The summed E-state index contributed by atoms with van der Waals surface area (Å²) >= 11 is 0. The molecular formula is C9H16O2. The van der Waals surface area contributed by atoms with Gasteiger partial charge in [0, 0.05) is 0 Å². The first kappa shape index (κ1) is 8.57. The first-order chi connectivity index (χ1) is 5.29. The zero-order valence-corrected chi connectivity index (χ0v) is 7.30. The summed E-state index contributed by atoms with van der Waals surface area (Å²) in [4.78, 5) is 11.2. The van der Waals surface area contributed by atoms with E-state index in [1.165, 1.54) is 26.4 Å². The normalized spacial score (nSPS) is 20.5. The number of rotatable bonds is 3. The molecule has 64 valence electrons. The Morgan fingerprint density at radius 1 is 1.64 bits per heavy atom. The molecule has 0 radical (unpaired) electrons. The van der Waals surface area contributed by atoms with Crippen LogP contribution in [-0.4, -0.2) is 13.1 Å². The van der Waals surface area contributed by atoms with E-state index in [9.17, 15) is 4.79 Å².